The Bertz CT molecular complexity index is 851. The van der Waals surface area contributed by atoms with Crippen molar-refractivity contribution in [3.05, 3.63) is 42.1 Å². The van der Waals surface area contributed by atoms with E-state index in [1.165, 1.54) is 11.6 Å². The first-order valence-electron chi connectivity index (χ1n) is 6.83. The van der Waals surface area contributed by atoms with Crippen molar-refractivity contribution in [3.8, 4) is 22.9 Å². The van der Waals surface area contributed by atoms with E-state index in [-0.39, 0.29) is 0 Å². The number of hydrogen-bond acceptors (Lipinski definition) is 6. The van der Waals surface area contributed by atoms with Crippen molar-refractivity contribution in [1.82, 2.24) is 14.6 Å². The summed E-state index contributed by atoms with van der Waals surface area (Å²) in [7, 11) is 4.48. The summed E-state index contributed by atoms with van der Waals surface area (Å²) >= 11 is 0. The number of carbonyl (C=O) groups is 1. The molecule has 7 nitrogen and oxygen atoms in total. The Morgan fingerprint density at radius 2 is 1.78 bits per heavy atom. The minimum Gasteiger partial charge on any atom is -0.497 e. The average Bonchev–Trinajstić information content (AvgIpc) is 3.04. The Morgan fingerprint density at radius 1 is 1.09 bits per heavy atom. The molecule has 0 spiro atoms. The molecule has 0 aliphatic rings. The molecule has 0 saturated heterocycles. The van der Waals surface area contributed by atoms with Crippen LogP contribution in [0.25, 0.3) is 17.0 Å². The number of pyridine rings is 1. The Balaban J connectivity index is 2.16. The average molecular weight is 313 g/mol. The topological polar surface area (TPSA) is 75.0 Å². The summed E-state index contributed by atoms with van der Waals surface area (Å²) in [5, 5.41) is 4.40. The number of esters is 1. The maximum atomic E-state index is 11.8. The molecule has 0 fully saturated rings. The predicted octanol–water partition coefficient (Wildman–Crippen LogP) is 2.20. The first-order valence-corrected chi connectivity index (χ1v) is 6.83. The van der Waals surface area contributed by atoms with E-state index in [0.29, 0.717) is 28.5 Å². The lowest BCUT2D eigenvalue weighted by Crippen LogP contribution is -2.04. The summed E-state index contributed by atoms with van der Waals surface area (Å²) in [6.45, 7) is 0. The zero-order valence-electron chi connectivity index (χ0n) is 12.9. The number of ether oxygens (including phenoxy) is 3. The smallest absolute Gasteiger partial charge is 0.341 e. The van der Waals surface area contributed by atoms with Gasteiger partial charge in [-0.25, -0.2) is 14.3 Å². The molecule has 0 unspecified atom stereocenters. The van der Waals surface area contributed by atoms with Gasteiger partial charge in [0.15, 0.2) is 11.5 Å². The Hall–Kier alpha value is -3.09. The van der Waals surface area contributed by atoms with E-state index < -0.39 is 5.97 Å². The highest BCUT2D eigenvalue weighted by molar-refractivity contribution is 5.95. The van der Waals surface area contributed by atoms with Gasteiger partial charge in [-0.2, -0.15) is 0 Å². The van der Waals surface area contributed by atoms with Crippen LogP contribution < -0.4 is 9.47 Å². The molecule has 0 bridgehead atoms. The van der Waals surface area contributed by atoms with Crippen LogP contribution in [0.15, 0.2) is 36.5 Å². The van der Waals surface area contributed by atoms with Crippen LogP contribution in [0, 0.1) is 0 Å². The van der Waals surface area contributed by atoms with Crippen LogP contribution in [-0.2, 0) is 4.74 Å². The van der Waals surface area contributed by atoms with Crippen molar-refractivity contribution < 1.29 is 19.0 Å². The molecule has 0 saturated carbocycles. The van der Waals surface area contributed by atoms with Crippen LogP contribution in [0.1, 0.15) is 10.4 Å². The molecule has 0 aliphatic heterocycles. The third kappa shape index (κ3) is 2.68. The summed E-state index contributed by atoms with van der Waals surface area (Å²) in [5.41, 5.74) is 1.50. The number of rotatable bonds is 4. The van der Waals surface area contributed by atoms with E-state index in [0.717, 1.165) is 5.56 Å². The molecule has 2 heterocycles. The highest BCUT2D eigenvalue weighted by Crippen LogP contribution is 2.28. The van der Waals surface area contributed by atoms with Crippen molar-refractivity contribution in [2.24, 2.45) is 0 Å². The molecule has 2 aromatic heterocycles. The number of fused-ring (bicyclic) bond motifs is 1. The molecule has 3 rings (SSSR count). The first kappa shape index (κ1) is 14.8. The van der Waals surface area contributed by atoms with E-state index in [1.54, 1.807) is 50.7 Å². The predicted molar refractivity (Wildman–Crippen MR) is 82.9 cm³/mol. The summed E-state index contributed by atoms with van der Waals surface area (Å²) in [4.78, 5) is 16.3. The van der Waals surface area contributed by atoms with Crippen LogP contribution in [0.4, 0.5) is 0 Å². The minimum absolute atomic E-state index is 0.351. The molecule has 7 heteroatoms. The van der Waals surface area contributed by atoms with E-state index in [2.05, 4.69) is 10.1 Å². The molecule has 0 N–H and O–H groups in total. The lowest BCUT2D eigenvalue weighted by molar-refractivity contribution is 0.0602. The van der Waals surface area contributed by atoms with E-state index >= 15 is 0 Å². The monoisotopic (exact) mass is 313 g/mol. The van der Waals surface area contributed by atoms with Gasteiger partial charge in [0.2, 0.25) is 0 Å². The lowest BCUT2D eigenvalue weighted by atomic mass is 10.2. The third-order valence-corrected chi connectivity index (χ3v) is 3.38. The first-order chi connectivity index (χ1) is 11.2. The maximum Gasteiger partial charge on any atom is 0.341 e. The van der Waals surface area contributed by atoms with Gasteiger partial charge in [-0.15, -0.1) is 5.10 Å². The molecule has 23 heavy (non-hydrogen) atoms. The zero-order valence-corrected chi connectivity index (χ0v) is 12.9. The molecule has 3 aromatic rings. The molecule has 0 atom stereocenters. The number of carbonyl (C=O) groups excluding carboxylic acids is 1. The lowest BCUT2D eigenvalue weighted by Gasteiger charge is -2.05. The fourth-order valence-electron chi connectivity index (χ4n) is 2.23. The Kier molecular flexibility index (Phi) is 3.84. The second-order valence-electron chi connectivity index (χ2n) is 4.72. The number of aromatic nitrogens is 3. The third-order valence-electron chi connectivity index (χ3n) is 3.38. The van der Waals surface area contributed by atoms with Gasteiger partial charge in [0.05, 0.1) is 21.3 Å². The molecular formula is C16H15N3O4. The molecule has 0 amide bonds. The number of hydrogen-bond donors (Lipinski definition) is 0. The van der Waals surface area contributed by atoms with Gasteiger partial charge in [-0.3, -0.25) is 0 Å². The van der Waals surface area contributed by atoms with Gasteiger partial charge in [-0.05, 0) is 24.3 Å². The second kappa shape index (κ2) is 5.96. The molecule has 0 aliphatic carbocycles. The van der Waals surface area contributed by atoms with Gasteiger partial charge >= 0.3 is 5.97 Å². The van der Waals surface area contributed by atoms with Gasteiger partial charge in [-0.1, -0.05) is 0 Å². The van der Waals surface area contributed by atoms with Gasteiger partial charge in [0.1, 0.15) is 17.1 Å². The van der Waals surface area contributed by atoms with Crippen molar-refractivity contribution in [1.29, 1.82) is 0 Å². The van der Waals surface area contributed by atoms with Crippen LogP contribution in [0.2, 0.25) is 0 Å². The standard InChI is InChI=1S/C16H15N3O4/c1-21-11-7-10(8-12(9-11)22-2)14-17-15-13(16(20)23-3)5-4-6-19(15)18-14/h4-9H,1-3H3. The molecule has 0 radical (unpaired) electrons. The largest absolute Gasteiger partial charge is 0.497 e. The number of nitrogens with zero attached hydrogens (tertiary/aromatic N) is 3. The molecule has 1 aromatic carbocycles. The number of methoxy groups -OCH3 is 3. The summed E-state index contributed by atoms with van der Waals surface area (Å²) in [5.74, 6) is 1.26. The van der Waals surface area contributed by atoms with Crippen molar-refractivity contribution in [3.63, 3.8) is 0 Å². The SMILES string of the molecule is COC(=O)c1cccn2nc(-c3cc(OC)cc(OC)c3)nc12. The molecule has 118 valence electrons. The fourth-order valence-corrected chi connectivity index (χ4v) is 2.23. The Labute approximate surface area is 132 Å². The van der Waals surface area contributed by atoms with Crippen molar-refractivity contribution in [2.45, 2.75) is 0 Å². The van der Waals surface area contributed by atoms with E-state index in [4.69, 9.17) is 14.2 Å². The number of benzene rings is 1. The van der Waals surface area contributed by atoms with Gasteiger partial charge < -0.3 is 14.2 Å². The maximum absolute atomic E-state index is 11.8. The summed E-state index contributed by atoms with van der Waals surface area (Å²) in [6, 6.07) is 8.72. The summed E-state index contributed by atoms with van der Waals surface area (Å²) in [6.07, 6.45) is 1.72. The second-order valence-corrected chi connectivity index (χ2v) is 4.72. The summed E-state index contributed by atoms with van der Waals surface area (Å²) < 4.78 is 16.8. The van der Waals surface area contributed by atoms with Gasteiger partial charge in [0.25, 0.3) is 0 Å². The van der Waals surface area contributed by atoms with Crippen LogP contribution in [0.3, 0.4) is 0 Å². The Morgan fingerprint density at radius 3 is 2.39 bits per heavy atom. The van der Waals surface area contributed by atoms with E-state index in [1.807, 2.05) is 0 Å². The van der Waals surface area contributed by atoms with E-state index in [9.17, 15) is 4.79 Å². The van der Waals surface area contributed by atoms with Crippen LogP contribution in [0.5, 0.6) is 11.5 Å². The highest BCUT2D eigenvalue weighted by Gasteiger charge is 2.16. The van der Waals surface area contributed by atoms with Crippen molar-refractivity contribution >= 4 is 11.6 Å². The fraction of sp³-hybridized carbons (Fsp3) is 0.188. The van der Waals surface area contributed by atoms with Crippen LogP contribution in [-0.4, -0.2) is 41.9 Å². The van der Waals surface area contributed by atoms with Gasteiger partial charge in [0, 0.05) is 17.8 Å². The highest BCUT2D eigenvalue weighted by atomic mass is 16.5. The minimum atomic E-state index is -0.460. The van der Waals surface area contributed by atoms with Crippen molar-refractivity contribution in [2.75, 3.05) is 21.3 Å². The molecular weight excluding hydrogens is 298 g/mol. The zero-order chi connectivity index (χ0) is 16.4. The van der Waals surface area contributed by atoms with Crippen LogP contribution >= 0.6 is 0 Å². The quantitative estimate of drug-likeness (QED) is 0.687. The normalized spacial score (nSPS) is 10.6.